The van der Waals surface area contributed by atoms with Crippen LogP contribution < -0.4 is 11.5 Å². The maximum atomic E-state index is 13.5. The summed E-state index contributed by atoms with van der Waals surface area (Å²) in [7, 11) is 0. The standard InChI is InChI=1S/C22H22F3N3O2.C4H6F2O.C2H6/c1-3-4-6-14(22(23,24)25)12(2)17-9-10-18(30-17)19-13(11-26)21(27)28-15-7-5-8-16(29)20(15)19;1-3(7)4(2,5)6;1-2/h3-4,6,9-11,19H,1,5,7-8,26H2,2H3,(H2,27,28);7H,1H2,2H3;1-2H3/b6-4-,13-11-,14-12-;;. The van der Waals surface area contributed by atoms with Gasteiger partial charge in [-0.2, -0.15) is 22.0 Å². The molecule has 0 saturated carbocycles. The molecule has 0 bridgehead atoms. The topological polar surface area (TPSA) is 115 Å². The summed E-state index contributed by atoms with van der Waals surface area (Å²) in [5.74, 6) is -4.52. The molecule has 5 N–H and O–H groups in total. The van der Waals surface area contributed by atoms with Gasteiger partial charge in [0, 0.05) is 36.3 Å². The highest BCUT2D eigenvalue weighted by molar-refractivity contribution is 6.08. The largest absolute Gasteiger partial charge is 0.507 e. The Labute approximate surface area is 224 Å². The van der Waals surface area contributed by atoms with Gasteiger partial charge in [0.15, 0.2) is 11.5 Å². The summed E-state index contributed by atoms with van der Waals surface area (Å²) in [4.78, 5) is 16.9. The fourth-order valence-corrected chi connectivity index (χ4v) is 3.72. The summed E-state index contributed by atoms with van der Waals surface area (Å²) in [6.45, 7) is 11.9. The van der Waals surface area contributed by atoms with Crippen molar-refractivity contribution in [1.29, 1.82) is 0 Å². The lowest BCUT2D eigenvalue weighted by molar-refractivity contribution is -0.116. The zero-order valence-electron chi connectivity index (χ0n) is 22.3. The lowest BCUT2D eigenvalue weighted by Crippen LogP contribution is -2.30. The van der Waals surface area contributed by atoms with Crippen LogP contribution in [0.2, 0.25) is 0 Å². The molecule has 0 aromatic carbocycles. The minimum absolute atomic E-state index is 0.0360. The van der Waals surface area contributed by atoms with Crippen LogP contribution in [0.25, 0.3) is 5.57 Å². The molecule has 11 heteroatoms. The predicted molar refractivity (Wildman–Crippen MR) is 143 cm³/mol. The third-order valence-electron chi connectivity index (χ3n) is 5.66. The van der Waals surface area contributed by atoms with Crippen molar-refractivity contribution in [3.63, 3.8) is 0 Å². The van der Waals surface area contributed by atoms with Crippen LogP contribution in [-0.4, -0.2) is 28.8 Å². The van der Waals surface area contributed by atoms with E-state index in [1.807, 2.05) is 13.8 Å². The maximum absolute atomic E-state index is 13.5. The Morgan fingerprint density at radius 3 is 2.28 bits per heavy atom. The molecule has 1 aromatic rings. The predicted octanol–water partition coefficient (Wildman–Crippen LogP) is 7.40. The smallest absolute Gasteiger partial charge is 0.416 e. The number of Topliss-reactive ketones (excluding diaryl/α,β-unsaturated/α-hetero) is 1. The van der Waals surface area contributed by atoms with Crippen LogP contribution in [0.5, 0.6) is 0 Å². The summed E-state index contributed by atoms with van der Waals surface area (Å²) >= 11 is 0. The monoisotopic (exact) mass is 555 g/mol. The fourth-order valence-electron chi connectivity index (χ4n) is 3.72. The van der Waals surface area contributed by atoms with Crippen LogP contribution in [-0.2, 0) is 4.79 Å². The van der Waals surface area contributed by atoms with E-state index in [4.69, 9.17) is 21.0 Å². The van der Waals surface area contributed by atoms with Crippen molar-refractivity contribution in [3.05, 3.63) is 89.4 Å². The van der Waals surface area contributed by atoms with Crippen molar-refractivity contribution in [2.24, 2.45) is 16.5 Å². The number of carbonyl (C=O) groups excluding carboxylic acids is 1. The maximum Gasteiger partial charge on any atom is 0.416 e. The van der Waals surface area contributed by atoms with Crippen LogP contribution in [0.3, 0.4) is 0 Å². The SMILES string of the molecule is C=C(O)C(C)(F)F.C=C/C=C\C(=C(/C)c1ccc(C2C3=C(CCCC3=O)N=C(N)/C2=C\N)o1)C(F)(F)F.CC. The Balaban J connectivity index is 0.000000735. The van der Waals surface area contributed by atoms with Crippen LogP contribution in [0, 0.1) is 0 Å². The zero-order chi connectivity index (χ0) is 30.1. The molecule has 2 aliphatic rings. The number of allylic oxidation sites excluding steroid dienone is 8. The van der Waals surface area contributed by atoms with E-state index in [2.05, 4.69) is 18.2 Å². The first kappa shape index (κ1) is 33.1. The first-order valence-corrected chi connectivity index (χ1v) is 12.1. The second kappa shape index (κ2) is 13.8. The van der Waals surface area contributed by atoms with Crippen molar-refractivity contribution in [2.75, 3.05) is 0 Å². The van der Waals surface area contributed by atoms with Crippen molar-refractivity contribution < 1.29 is 36.3 Å². The lowest BCUT2D eigenvalue weighted by atomic mass is 9.78. The molecule has 1 aromatic heterocycles. The zero-order valence-corrected chi connectivity index (χ0v) is 22.3. The normalized spacial score (nSPS) is 19.3. The highest BCUT2D eigenvalue weighted by Crippen LogP contribution is 2.43. The van der Waals surface area contributed by atoms with Gasteiger partial charge in [-0.3, -0.25) is 4.79 Å². The van der Waals surface area contributed by atoms with Crippen molar-refractivity contribution in [1.82, 2.24) is 0 Å². The molecule has 3 rings (SSSR count). The number of alkyl halides is 5. The van der Waals surface area contributed by atoms with E-state index in [1.54, 1.807) is 6.07 Å². The molecule has 1 aliphatic carbocycles. The summed E-state index contributed by atoms with van der Waals surface area (Å²) in [5, 5.41) is 7.94. The number of aliphatic hydroxyl groups is 1. The molecular weight excluding hydrogens is 521 g/mol. The quantitative estimate of drug-likeness (QED) is 0.199. The molecule has 0 fully saturated rings. The first-order chi connectivity index (χ1) is 18.1. The number of ketones is 1. The van der Waals surface area contributed by atoms with Gasteiger partial charge in [0.2, 0.25) is 0 Å². The second-order valence-electron chi connectivity index (χ2n) is 8.36. The molecule has 0 amide bonds. The summed E-state index contributed by atoms with van der Waals surface area (Å²) < 4.78 is 69.3. The minimum Gasteiger partial charge on any atom is -0.507 e. The van der Waals surface area contributed by atoms with Crippen LogP contribution in [0.4, 0.5) is 22.0 Å². The number of rotatable bonds is 5. The summed E-state index contributed by atoms with van der Waals surface area (Å²) in [6.07, 6.45) is 1.71. The van der Waals surface area contributed by atoms with Crippen LogP contribution in [0.15, 0.2) is 87.3 Å². The minimum atomic E-state index is -4.57. The van der Waals surface area contributed by atoms with E-state index in [9.17, 15) is 26.7 Å². The van der Waals surface area contributed by atoms with E-state index >= 15 is 0 Å². The van der Waals surface area contributed by atoms with E-state index in [0.717, 1.165) is 6.08 Å². The highest BCUT2D eigenvalue weighted by atomic mass is 19.4. The molecule has 1 unspecified atom stereocenters. The number of hydrogen-bond acceptors (Lipinski definition) is 6. The number of hydrogen-bond donors (Lipinski definition) is 3. The Hall–Kier alpha value is -3.89. The molecular formula is C28H34F5N3O3. The van der Waals surface area contributed by atoms with Gasteiger partial charge in [-0.1, -0.05) is 39.2 Å². The van der Waals surface area contributed by atoms with Crippen molar-refractivity contribution in [3.8, 4) is 0 Å². The van der Waals surface area contributed by atoms with Crippen molar-refractivity contribution >= 4 is 17.2 Å². The van der Waals surface area contributed by atoms with Gasteiger partial charge in [-0.05, 0) is 38.0 Å². The number of aliphatic hydroxyl groups excluding tert-OH is 1. The van der Waals surface area contributed by atoms with E-state index in [1.165, 1.54) is 31.3 Å². The van der Waals surface area contributed by atoms with Gasteiger partial charge in [-0.15, -0.1) is 0 Å². The van der Waals surface area contributed by atoms with Crippen LogP contribution >= 0.6 is 0 Å². The van der Waals surface area contributed by atoms with Gasteiger partial charge in [0.25, 0.3) is 5.92 Å². The highest BCUT2D eigenvalue weighted by Gasteiger charge is 2.38. The molecule has 6 nitrogen and oxygen atoms in total. The second-order valence-corrected chi connectivity index (χ2v) is 8.36. The fraction of sp³-hybridized carbons (Fsp3) is 0.357. The van der Waals surface area contributed by atoms with E-state index in [-0.39, 0.29) is 28.7 Å². The van der Waals surface area contributed by atoms with Gasteiger partial charge in [-0.25, -0.2) is 4.99 Å². The molecule has 2 heterocycles. The van der Waals surface area contributed by atoms with E-state index in [0.29, 0.717) is 43.0 Å². The first-order valence-electron chi connectivity index (χ1n) is 12.1. The van der Waals surface area contributed by atoms with Gasteiger partial charge in [0.1, 0.15) is 17.4 Å². The Morgan fingerprint density at radius 2 is 1.79 bits per heavy atom. The summed E-state index contributed by atoms with van der Waals surface area (Å²) in [5.41, 5.74) is 12.3. The Bertz CT molecular complexity index is 1230. The summed E-state index contributed by atoms with van der Waals surface area (Å²) in [6, 6.07) is 2.99. The molecule has 0 saturated heterocycles. The van der Waals surface area contributed by atoms with Gasteiger partial charge >= 0.3 is 6.18 Å². The number of nitrogens with zero attached hydrogens (tertiary/aromatic N) is 1. The van der Waals surface area contributed by atoms with E-state index < -0.39 is 29.3 Å². The third-order valence-corrected chi connectivity index (χ3v) is 5.66. The number of aliphatic imine (C=N–C) groups is 1. The number of carbonyl (C=O) groups is 1. The van der Waals surface area contributed by atoms with Gasteiger partial charge in [0.05, 0.1) is 17.2 Å². The molecule has 214 valence electrons. The number of amidine groups is 1. The van der Waals surface area contributed by atoms with Crippen LogP contribution in [0.1, 0.15) is 64.4 Å². The number of furan rings is 1. The third kappa shape index (κ3) is 8.30. The molecule has 1 atom stereocenters. The average Bonchev–Trinajstić information content (AvgIpc) is 3.34. The Morgan fingerprint density at radius 1 is 1.21 bits per heavy atom. The average molecular weight is 556 g/mol. The number of nitrogens with two attached hydrogens (primary N) is 2. The molecule has 1 aliphatic heterocycles. The van der Waals surface area contributed by atoms with Crippen molar-refractivity contribution in [2.45, 2.75) is 65.0 Å². The Kier molecular flexibility index (Phi) is 11.7. The molecule has 39 heavy (non-hydrogen) atoms. The number of halogens is 5. The lowest BCUT2D eigenvalue weighted by Gasteiger charge is -2.29. The van der Waals surface area contributed by atoms with Gasteiger partial charge < -0.3 is 21.0 Å². The molecule has 0 spiro atoms. The molecule has 0 radical (unpaired) electrons.